The third-order valence-corrected chi connectivity index (χ3v) is 4.86. The number of anilines is 1. The van der Waals surface area contributed by atoms with Gasteiger partial charge in [-0.05, 0) is 57.2 Å². The monoisotopic (exact) mass is 426 g/mol. The highest BCUT2D eigenvalue weighted by Gasteiger charge is 2.20. The first-order valence-electron chi connectivity index (χ1n) is 9.89. The zero-order valence-corrected chi connectivity index (χ0v) is 17.5. The van der Waals surface area contributed by atoms with E-state index >= 15 is 0 Å². The van der Waals surface area contributed by atoms with Crippen LogP contribution in [-0.4, -0.2) is 42.4 Å². The van der Waals surface area contributed by atoms with Gasteiger partial charge in [-0.2, -0.15) is 0 Å². The molecule has 1 N–H and O–H groups in total. The first kappa shape index (κ1) is 22.0. The summed E-state index contributed by atoms with van der Waals surface area (Å²) in [6.45, 7) is 6.01. The van der Waals surface area contributed by atoms with Crippen molar-refractivity contribution >= 4 is 34.4 Å². The number of nitrogens with zero attached hydrogens (tertiary/aromatic N) is 1. The minimum Gasteiger partial charge on any atom is -0.450 e. The SMILES string of the molecule is CCN(CC)C(=O)c1cccc(NC(=O)COC(=O)c2oc3ccc(F)cc3c2C)c1. The Kier molecular flexibility index (Phi) is 6.69. The van der Waals surface area contributed by atoms with E-state index < -0.39 is 24.3 Å². The van der Waals surface area contributed by atoms with E-state index in [1.54, 1.807) is 36.1 Å². The number of rotatable bonds is 7. The van der Waals surface area contributed by atoms with Gasteiger partial charge in [-0.15, -0.1) is 0 Å². The lowest BCUT2D eigenvalue weighted by Crippen LogP contribution is -2.30. The van der Waals surface area contributed by atoms with Crippen LogP contribution in [0.3, 0.4) is 0 Å². The van der Waals surface area contributed by atoms with E-state index in [0.717, 1.165) is 0 Å². The van der Waals surface area contributed by atoms with E-state index in [0.29, 0.717) is 40.9 Å². The number of carbonyl (C=O) groups excluding carboxylic acids is 3. The number of esters is 1. The summed E-state index contributed by atoms with van der Waals surface area (Å²) in [7, 11) is 0. The van der Waals surface area contributed by atoms with Gasteiger partial charge in [0.2, 0.25) is 5.76 Å². The molecule has 162 valence electrons. The van der Waals surface area contributed by atoms with Crippen molar-refractivity contribution in [2.45, 2.75) is 20.8 Å². The average molecular weight is 426 g/mol. The van der Waals surface area contributed by atoms with Crippen molar-refractivity contribution < 1.29 is 27.9 Å². The second-order valence-corrected chi connectivity index (χ2v) is 6.88. The minimum absolute atomic E-state index is 0.0831. The highest BCUT2D eigenvalue weighted by molar-refractivity contribution is 5.99. The van der Waals surface area contributed by atoms with Gasteiger partial charge >= 0.3 is 5.97 Å². The van der Waals surface area contributed by atoms with Crippen molar-refractivity contribution in [2.24, 2.45) is 0 Å². The fourth-order valence-corrected chi connectivity index (χ4v) is 3.20. The second kappa shape index (κ2) is 9.42. The second-order valence-electron chi connectivity index (χ2n) is 6.88. The number of furan rings is 1. The van der Waals surface area contributed by atoms with Crippen LogP contribution in [0.25, 0.3) is 11.0 Å². The molecule has 1 heterocycles. The van der Waals surface area contributed by atoms with Crippen LogP contribution in [0.2, 0.25) is 0 Å². The molecular formula is C23H23FN2O5. The summed E-state index contributed by atoms with van der Waals surface area (Å²) < 4.78 is 23.9. The quantitative estimate of drug-likeness (QED) is 0.573. The summed E-state index contributed by atoms with van der Waals surface area (Å²) in [4.78, 5) is 38.7. The standard InChI is InChI=1S/C23H23FN2O5/c1-4-26(5-2)22(28)15-7-6-8-17(11-15)25-20(27)13-30-23(29)21-14(3)18-12-16(24)9-10-19(18)31-21/h6-12H,4-5,13H2,1-3H3,(H,25,27). The van der Waals surface area contributed by atoms with E-state index in [-0.39, 0.29) is 11.7 Å². The Morgan fingerprint density at radius 1 is 1.10 bits per heavy atom. The van der Waals surface area contributed by atoms with Crippen LogP contribution >= 0.6 is 0 Å². The summed E-state index contributed by atoms with van der Waals surface area (Å²) in [5.41, 5.74) is 1.64. The molecule has 31 heavy (non-hydrogen) atoms. The van der Waals surface area contributed by atoms with Crippen LogP contribution in [0.15, 0.2) is 46.9 Å². The zero-order chi connectivity index (χ0) is 22.5. The molecule has 0 saturated carbocycles. The van der Waals surface area contributed by atoms with E-state index in [1.807, 2.05) is 13.8 Å². The van der Waals surface area contributed by atoms with Gasteiger partial charge in [-0.25, -0.2) is 9.18 Å². The summed E-state index contributed by atoms with van der Waals surface area (Å²) in [5.74, 6) is -2.06. The molecule has 0 spiro atoms. The van der Waals surface area contributed by atoms with Gasteiger partial charge < -0.3 is 19.4 Å². The topological polar surface area (TPSA) is 88.9 Å². The number of hydrogen-bond acceptors (Lipinski definition) is 5. The predicted octanol–water partition coefficient (Wildman–Crippen LogP) is 4.16. The number of benzene rings is 2. The molecular weight excluding hydrogens is 403 g/mol. The van der Waals surface area contributed by atoms with Crippen LogP contribution in [0.1, 0.15) is 40.3 Å². The molecule has 0 saturated heterocycles. The van der Waals surface area contributed by atoms with Gasteiger partial charge in [-0.3, -0.25) is 9.59 Å². The maximum Gasteiger partial charge on any atom is 0.375 e. The molecule has 8 heteroatoms. The van der Waals surface area contributed by atoms with Crippen molar-refractivity contribution in [1.82, 2.24) is 4.90 Å². The lowest BCUT2D eigenvalue weighted by atomic mass is 10.1. The lowest BCUT2D eigenvalue weighted by molar-refractivity contribution is -0.119. The minimum atomic E-state index is -0.824. The Bertz CT molecular complexity index is 1130. The van der Waals surface area contributed by atoms with Crippen LogP contribution in [0.4, 0.5) is 10.1 Å². The zero-order valence-electron chi connectivity index (χ0n) is 17.5. The molecule has 7 nitrogen and oxygen atoms in total. The van der Waals surface area contributed by atoms with Crippen molar-refractivity contribution in [2.75, 3.05) is 25.0 Å². The fourth-order valence-electron chi connectivity index (χ4n) is 3.20. The smallest absolute Gasteiger partial charge is 0.375 e. The van der Waals surface area contributed by atoms with Gasteiger partial charge in [0.25, 0.3) is 11.8 Å². The van der Waals surface area contributed by atoms with Crippen LogP contribution in [0.5, 0.6) is 0 Å². The Hall–Kier alpha value is -3.68. The first-order valence-corrected chi connectivity index (χ1v) is 9.89. The number of hydrogen-bond donors (Lipinski definition) is 1. The average Bonchev–Trinajstić information content (AvgIpc) is 3.09. The van der Waals surface area contributed by atoms with E-state index in [1.165, 1.54) is 18.2 Å². The highest BCUT2D eigenvalue weighted by atomic mass is 19.1. The Morgan fingerprint density at radius 2 is 1.84 bits per heavy atom. The van der Waals surface area contributed by atoms with Crippen LogP contribution in [-0.2, 0) is 9.53 Å². The molecule has 0 radical (unpaired) electrons. The normalized spacial score (nSPS) is 10.7. The summed E-state index contributed by atoms with van der Waals surface area (Å²) >= 11 is 0. The lowest BCUT2D eigenvalue weighted by Gasteiger charge is -2.19. The van der Waals surface area contributed by atoms with Crippen molar-refractivity contribution in [3.63, 3.8) is 0 Å². The molecule has 0 aliphatic rings. The van der Waals surface area contributed by atoms with Gasteiger partial charge in [0, 0.05) is 35.3 Å². The van der Waals surface area contributed by atoms with Gasteiger partial charge in [0.1, 0.15) is 11.4 Å². The molecule has 0 fully saturated rings. The molecule has 2 aromatic carbocycles. The number of carbonyl (C=O) groups is 3. The number of fused-ring (bicyclic) bond motifs is 1. The third-order valence-electron chi connectivity index (χ3n) is 4.86. The molecule has 0 unspecified atom stereocenters. The Morgan fingerprint density at radius 3 is 2.55 bits per heavy atom. The van der Waals surface area contributed by atoms with Crippen LogP contribution in [0, 0.1) is 12.7 Å². The number of amides is 2. The maximum atomic E-state index is 13.4. The predicted molar refractivity (Wildman–Crippen MR) is 114 cm³/mol. The van der Waals surface area contributed by atoms with E-state index in [4.69, 9.17) is 9.15 Å². The molecule has 0 aliphatic heterocycles. The van der Waals surface area contributed by atoms with E-state index in [9.17, 15) is 18.8 Å². The molecule has 0 aliphatic carbocycles. The van der Waals surface area contributed by atoms with E-state index in [2.05, 4.69) is 5.32 Å². The Labute approximate surface area is 178 Å². The summed E-state index contributed by atoms with van der Waals surface area (Å²) in [6, 6.07) is 10.5. The number of halogens is 1. The molecule has 2 amide bonds. The molecule has 1 aromatic heterocycles. The largest absolute Gasteiger partial charge is 0.450 e. The van der Waals surface area contributed by atoms with Crippen molar-refractivity contribution in [3.05, 3.63) is 65.2 Å². The third kappa shape index (κ3) is 4.91. The first-order chi connectivity index (χ1) is 14.8. The molecule has 3 aromatic rings. The number of ether oxygens (including phenoxy) is 1. The molecule has 3 rings (SSSR count). The number of nitrogens with one attached hydrogen (secondary N) is 1. The number of aryl methyl sites for hydroxylation is 1. The summed E-state index contributed by atoms with van der Waals surface area (Å²) in [6.07, 6.45) is 0. The van der Waals surface area contributed by atoms with Gasteiger partial charge in [0.15, 0.2) is 6.61 Å². The van der Waals surface area contributed by atoms with Gasteiger partial charge in [-0.1, -0.05) is 6.07 Å². The van der Waals surface area contributed by atoms with Gasteiger partial charge in [0.05, 0.1) is 0 Å². The maximum absolute atomic E-state index is 13.4. The van der Waals surface area contributed by atoms with Crippen molar-refractivity contribution in [1.29, 1.82) is 0 Å². The highest BCUT2D eigenvalue weighted by Crippen LogP contribution is 2.26. The fraction of sp³-hybridized carbons (Fsp3) is 0.261. The molecule has 0 atom stereocenters. The summed E-state index contributed by atoms with van der Waals surface area (Å²) in [5, 5.41) is 3.06. The van der Waals surface area contributed by atoms with Crippen LogP contribution < -0.4 is 5.32 Å². The molecule has 0 bridgehead atoms. The Balaban J connectivity index is 1.63. The van der Waals surface area contributed by atoms with Crippen molar-refractivity contribution in [3.8, 4) is 0 Å².